The molecule has 0 aliphatic carbocycles. The molecule has 1 aromatic rings. The second kappa shape index (κ2) is 5.05. The average Bonchev–Trinajstić information content (AvgIpc) is 2.38. The van der Waals surface area contributed by atoms with Crippen LogP contribution in [0.2, 0.25) is 0 Å². The van der Waals surface area contributed by atoms with Crippen LogP contribution in [-0.2, 0) is 4.79 Å². The van der Waals surface area contributed by atoms with Crippen molar-refractivity contribution in [3.05, 3.63) is 29.6 Å². The number of anilines is 1. The molecule has 0 radical (unpaired) electrons. The van der Waals surface area contributed by atoms with Gasteiger partial charge in [-0.25, -0.2) is 4.39 Å². The summed E-state index contributed by atoms with van der Waals surface area (Å²) in [6.45, 7) is 3.12. The molecule has 94 valence electrons. The number of nitrogens with one attached hydrogen (secondary N) is 1. The summed E-state index contributed by atoms with van der Waals surface area (Å²) in [5.74, 6) is -0.579. The number of carbonyl (C=O) groups is 1. The standard InChI is InChI=1S/C13H14FN3O/c1-2-12-13(18)16-5-6-17(12)10-4-3-9(8-15)11(14)7-10/h3-4,7,12H,2,5-6H2,1H3,(H,16,18). The van der Waals surface area contributed by atoms with Crippen molar-refractivity contribution in [3.8, 4) is 6.07 Å². The number of hydrogen-bond donors (Lipinski definition) is 1. The van der Waals surface area contributed by atoms with E-state index in [0.29, 0.717) is 25.2 Å². The van der Waals surface area contributed by atoms with Crippen LogP contribution in [0.25, 0.3) is 0 Å². The lowest BCUT2D eigenvalue weighted by molar-refractivity contribution is -0.123. The number of nitriles is 1. The van der Waals surface area contributed by atoms with Crippen LogP contribution in [0.3, 0.4) is 0 Å². The maximum Gasteiger partial charge on any atom is 0.242 e. The molecule has 0 bridgehead atoms. The number of rotatable bonds is 2. The molecule has 4 nitrogen and oxygen atoms in total. The van der Waals surface area contributed by atoms with E-state index in [-0.39, 0.29) is 17.5 Å². The smallest absolute Gasteiger partial charge is 0.242 e. The van der Waals surface area contributed by atoms with Gasteiger partial charge in [0.1, 0.15) is 17.9 Å². The molecule has 5 heteroatoms. The Bertz CT molecular complexity index is 509. The van der Waals surface area contributed by atoms with Gasteiger partial charge in [-0.1, -0.05) is 6.92 Å². The van der Waals surface area contributed by atoms with Crippen LogP contribution in [-0.4, -0.2) is 25.0 Å². The van der Waals surface area contributed by atoms with Crippen molar-refractivity contribution >= 4 is 11.6 Å². The lowest BCUT2D eigenvalue weighted by atomic mass is 10.1. The zero-order valence-corrected chi connectivity index (χ0v) is 10.1. The van der Waals surface area contributed by atoms with Crippen LogP contribution >= 0.6 is 0 Å². The molecular weight excluding hydrogens is 233 g/mol. The highest BCUT2D eigenvalue weighted by Crippen LogP contribution is 2.22. The van der Waals surface area contributed by atoms with Crippen molar-refractivity contribution in [2.45, 2.75) is 19.4 Å². The molecule has 1 saturated heterocycles. The molecule has 0 aromatic heterocycles. The first-order chi connectivity index (χ1) is 8.67. The number of carbonyl (C=O) groups excluding carboxylic acids is 1. The number of benzene rings is 1. The molecule has 2 rings (SSSR count). The monoisotopic (exact) mass is 247 g/mol. The molecule has 0 spiro atoms. The Morgan fingerprint density at radius 2 is 2.39 bits per heavy atom. The van der Waals surface area contributed by atoms with Gasteiger partial charge in [0.25, 0.3) is 0 Å². The molecule has 1 heterocycles. The fraction of sp³-hybridized carbons (Fsp3) is 0.385. The molecular formula is C13H14FN3O. The molecule has 1 amide bonds. The molecule has 1 atom stereocenters. The maximum atomic E-state index is 13.6. The summed E-state index contributed by atoms with van der Waals surface area (Å²) in [5, 5.41) is 11.5. The molecule has 1 fully saturated rings. The quantitative estimate of drug-likeness (QED) is 0.859. The molecule has 1 aliphatic rings. The Balaban J connectivity index is 2.32. The second-order valence-electron chi connectivity index (χ2n) is 4.18. The first-order valence-electron chi connectivity index (χ1n) is 5.91. The van der Waals surface area contributed by atoms with E-state index in [1.807, 2.05) is 11.8 Å². The summed E-state index contributed by atoms with van der Waals surface area (Å²) >= 11 is 0. The Morgan fingerprint density at radius 3 is 3.00 bits per heavy atom. The van der Waals surface area contributed by atoms with Crippen molar-refractivity contribution in [1.29, 1.82) is 5.26 Å². The van der Waals surface area contributed by atoms with Crippen LogP contribution in [0, 0.1) is 17.1 Å². The predicted octanol–water partition coefficient (Wildman–Crippen LogP) is 1.41. The van der Waals surface area contributed by atoms with Crippen molar-refractivity contribution in [2.24, 2.45) is 0 Å². The largest absolute Gasteiger partial charge is 0.358 e. The zero-order valence-electron chi connectivity index (χ0n) is 10.1. The van der Waals surface area contributed by atoms with Gasteiger partial charge in [0.2, 0.25) is 5.91 Å². The summed E-state index contributed by atoms with van der Waals surface area (Å²) < 4.78 is 13.6. The van der Waals surface area contributed by atoms with E-state index in [9.17, 15) is 9.18 Å². The summed E-state index contributed by atoms with van der Waals surface area (Å²) in [6, 6.07) is 5.97. The summed E-state index contributed by atoms with van der Waals surface area (Å²) in [7, 11) is 0. The molecule has 0 saturated carbocycles. The number of halogens is 1. The highest BCUT2D eigenvalue weighted by molar-refractivity contribution is 5.86. The van der Waals surface area contributed by atoms with E-state index >= 15 is 0 Å². The molecule has 18 heavy (non-hydrogen) atoms. The molecule has 1 unspecified atom stereocenters. The summed E-state index contributed by atoms with van der Waals surface area (Å²) in [4.78, 5) is 13.6. The van der Waals surface area contributed by atoms with Crippen molar-refractivity contribution < 1.29 is 9.18 Å². The van der Waals surface area contributed by atoms with Crippen LogP contribution in [0.15, 0.2) is 18.2 Å². The van der Waals surface area contributed by atoms with Crippen LogP contribution in [0.5, 0.6) is 0 Å². The fourth-order valence-electron chi connectivity index (χ4n) is 2.20. The lowest BCUT2D eigenvalue weighted by Gasteiger charge is -2.36. The minimum Gasteiger partial charge on any atom is -0.358 e. The van der Waals surface area contributed by atoms with E-state index in [0.717, 1.165) is 0 Å². The van der Waals surface area contributed by atoms with Crippen LogP contribution < -0.4 is 10.2 Å². The number of piperazine rings is 1. The van der Waals surface area contributed by atoms with Crippen molar-refractivity contribution in [1.82, 2.24) is 5.32 Å². The second-order valence-corrected chi connectivity index (χ2v) is 4.18. The Hall–Kier alpha value is -2.09. The Morgan fingerprint density at radius 1 is 1.61 bits per heavy atom. The highest BCUT2D eigenvalue weighted by atomic mass is 19.1. The van der Waals surface area contributed by atoms with Gasteiger partial charge in [-0.05, 0) is 24.6 Å². The van der Waals surface area contributed by atoms with E-state index in [2.05, 4.69) is 5.32 Å². The summed E-state index contributed by atoms with van der Waals surface area (Å²) in [5.41, 5.74) is 0.668. The third-order valence-electron chi connectivity index (χ3n) is 3.12. The van der Waals surface area contributed by atoms with Gasteiger partial charge in [-0.3, -0.25) is 4.79 Å². The minimum atomic E-state index is -0.546. The van der Waals surface area contributed by atoms with Crippen LogP contribution in [0.4, 0.5) is 10.1 Å². The van der Waals surface area contributed by atoms with Gasteiger partial charge in [0.05, 0.1) is 5.56 Å². The maximum absolute atomic E-state index is 13.6. The Kier molecular flexibility index (Phi) is 3.47. The Labute approximate surface area is 105 Å². The van der Waals surface area contributed by atoms with Gasteiger partial charge in [0, 0.05) is 18.8 Å². The van der Waals surface area contributed by atoms with Gasteiger partial charge >= 0.3 is 0 Å². The number of amides is 1. The van der Waals surface area contributed by atoms with Crippen molar-refractivity contribution in [2.75, 3.05) is 18.0 Å². The van der Waals surface area contributed by atoms with E-state index in [1.54, 1.807) is 12.1 Å². The first kappa shape index (κ1) is 12.4. The molecule has 1 aliphatic heterocycles. The van der Waals surface area contributed by atoms with Crippen LogP contribution in [0.1, 0.15) is 18.9 Å². The van der Waals surface area contributed by atoms with E-state index in [1.165, 1.54) is 12.1 Å². The zero-order chi connectivity index (χ0) is 13.1. The third-order valence-corrected chi connectivity index (χ3v) is 3.12. The minimum absolute atomic E-state index is 0.0215. The van der Waals surface area contributed by atoms with Gasteiger partial charge in [-0.2, -0.15) is 5.26 Å². The van der Waals surface area contributed by atoms with E-state index < -0.39 is 5.82 Å². The summed E-state index contributed by atoms with van der Waals surface area (Å²) in [6.07, 6.45) is 0.660. The first-order valence-corrected chi connectivity index (χ1v) is 5.91. The third kappa shape index (κ3) is 2.14. The van der Waals surface area contributed by atoms with E-state index in [4.69, 9.17) is 5.26 Å². The average molecular weight is 247 g/mol. The predicted molar refractivity (Wildman–Crippen MR) is 65.5 cm³/mol. The topological polar surface area (TPSA) is 56.1 Å². The fourth-order valence-corrected chi connectivity index (χ4v) is 2.20. The SMILES string of the molecule is CCC1C(=O)NCCN1c1ccc(C#N)c(F)c1. The number of nitrogens with zero attached hydrogens (tertiary/aromatic N) is 2. The number of hydrogen-bond acceptors (Lipinski definition) is 3. The normalized spacial score (nSPS) is 19.3. The van der Waals surface area contributed by atoms with Gasteiger partial charge in [0.15, 0.2) is 0 Å². The van der Waals surface area contributed by atoms with Crippen molar-refractivity contribution in [3.63, 3.8) is 0 Å². The highest BCUT2D eigenvalue weighted by Gasteiger charge is 2.28. The lowest BCUT2D eigenvalue weighted by Crippen LogP contribution is -2.55. The van der Waals surface area contributed by atoms with Gasteiger partial charge < -0.3 is 10.2 Å². The van der Waals surface area contributed by atoms with Gasteiger partial charge in [-0.15, -0.1) is 0 Å². The molecule has 1 N–H and O–H groups in total. The molecule has 1 aromatic carbocycles.